The number of hydrogen-bond donors (Lipinski definition) is 1. The molecule has 0 radical (unpaired) electrons. The van der Waals surface area contributed by atoms with Crippen LogP contribution >= 0.6 is 0 Å². The Labute approximate surface area is 101 Å². The van der Waals surface area contributed by atoms with Crippen LogP contribution in [0.15, 0.2) is 18.3 Å². The van der Waals surface area contributed by atoms with Crippen LogP contribution < -0.4 is 0 Å². The van der Waals surface area contributed by atoms with Gasteiger partial charge in [0.1, 0.15) is 0 Å². The number of aromatic nitrogens is 1. The summed E-state index contributed by atoms with van der Waals surface area (Å²) in [7, 11) is 0. The van der Waals surface area contributed by atoms with Crippen molar-refractivity contribution >= 4 is 6.09 Å². The first-order valence-electron chi connectivity index (χ1n) is 6.06. The minimum absolute atomic E-state index is 0.188. The summed E-state index contributed by atoms with van der Waals surface area (Å²) in [6, 6.07) is 4.09. The number of hydrogen-bond acceptors (Lipinski definition) is 3. The predicted octanol–water partition coefficient (Wildman–Crippen LogP) is 1.29. The number of nitrogens with one attached hydrogen (secondary N) is 1. The Balaban J connectivity index is 1.76. The molecule has 5 heteroatoms. The van der Waals surface area contributed by atoms with E-state index in [1.807, 2.05) is 19.2 Å². The van der Waals surface area contributed by atoms with Crippen LogP contribution in [0, 0.1) is 0 Å². The number of carbonyl (C=O) groups is 1. The van der Waals surface area contributed by atoms with Crippen molar-refractivity contribution in [2.75, 3.05) is 32.8 Å². The molecule has 0 saturated carbocycles. The van der Waals surface area contributed by atoms with E-state index in [9.17, 15) is 4.79 Å². The number of carbonyl (C=O) groups excluding carboxylic acids is 1. The van der Waals surface area contributed by atoms with Gasteiger partial charge in [0, 0.05) is 44.6 Å². The lowest BCUT2D eigenvalue weighted by atomic mass is 10.3. The lowest BCUT2D eigenvalue weighted by Gasteiger charge is -2.33. The molecule has 1 saturated heterocycles. The molecule has 1 aliphatic rings. The first kappa shape index (κ1) is 12.0. The van der Waals surface area contributed by atoms with E-state index < -0.39 is 0 Å². The molecule has 0 atom stereocenters. The molecule has 2 rings (SSSR count). The SMILES string of the molecule is CCOC(=O)N1CCN(Cc2ccc[nH]2)CC1. The van der Waals surface area contributed by atoms with E-state index >= 15 is 0 Å². The van der Waals surface area contributed by atoms with Crippen molar-refractivity contribution in [1.29, 1.82) is 0 Å². The largest absolute Gasteiger partial charge is 0.450 e. The molecule has 1 N–H and O–H groups in total. The van der Waals surface area contributed by atoms with Gasteiger partial charge in [-0.3, -0.25) is 4.90 Å². The molecule has 0 unspecified atom stereocenters. The molecule has 2 heterocycles. The minimum Gasteiger partial charge on any atom is -0.450 e. The number of H-pyrrole nitrogens is 1. The second-order valence-corrected chi connectivity index (χ2v) is 4.16. The Morgan fingerprint density at radius 2 is 2.18 bits per heavy atom. The molecule has 0 aliphatic carbocycles. The summed E-state index contributed by atoms with van der Waals surface area (Å²) in [6.45, 7) is 6.50. The summed E-state index contributed by atoms with van der Waals surface area (Å²) < 4.78 is 4.98. The third-order valence-electron chi connectivity index (χ3n) is 2.95. The number of nitrogens with zero attached hydrogens (tertiary/aromatic N) is 2. The van der Waals surface area contributed by atoms with Crippen LogP contribution in [-0.2, 0) is 11.3 Å². The van der Waals surface area contributed by atoms with Gasteiger partial charge in [-0.05, 0) is 19.1 Å². The molecule has 0 aromatic carbocycles. The summed E-state index contributed by atoms with van der Waals surface area (Å²) in [5, 5.41) is 0. The van der Waals surface area contributed by atoms with Gasteiger partial charge >= 0.3 is 6.09 Å². The summed E-state index contributed by atoms with van der Waals surface area (Å²) in [5.41, 5.74) is 1.22. The monoisotopic (exact) mass is 237 g/mol. The van der Waals surface area contributed by atoms with E-state index in [-0.39, 0.29) is 6.09 Å². The summed E-state index contributed by atoms with van der Waals surface area (Å²) in [4.78, 5) is 18.8. The van der Waals surface area contributed by atoms with Gasteiger partial charge in [-0.25, -0.2) is 4.79 Å². The lowest BCUT2D eigenvalue weighted by molar-refractivity contribution is 0.0776. The molecule has 1 aliphatic heterocycles. The van der Waals surface area contributed by atoms with Gasteiger partial charge in [0.2, 0.25) is 0 Å². The van der Waals surface area contributed by atoms with E-state index in [1.54, 1.807) is 4.90 Å². The number of ether oxygens (including phenoxy) is 1. The Bertz CT molecular complexity index is 343. The number of amides is 1. The van der Waals surface area contributed by atoms with Crippen molar-refractivity contribution < 1.29 is 9.53 Å². The molecule has 1 fully saturated rings. The number of rotatable bonds is 3. The van der Waals surface area contributed by atoms with Crippen LogP contribution in [0.3, 0.4) is 0 Å². The Hall–Kier alpha value is -1.49. The maximum atomic E-state index is 11.5. The van der Waals surface area contributed by atoms with Crippen molar-refractivity contribution in [3.05, 3.63) is 24.0 Å². The smallest absolute Gasteiger partial charge is 0.409 e. The highest BCUT2D eigenvalue weighted by Crippen LogP contribution is 2.07. The zero-order valence-electron chi connectivity index (χ0n) is 10.2. The quantitative estimate of drug-likeness (QED) is 0.861. The van der Waals surface area contributed by atoms with Gasteiger partial charge in [0.25, 0.3) is 0 Å². The molecule has 1 amide bonds. The van der Waals surface area contributed by atoms with Crippen LogP contribution in [0.5, 0.6) is 0 Å². The van der Waals surface area contributed by atoms with Crippen molar-refractivity contribution in [2.45, 2.75) is 13.5 Å². The van der Waals surface area contributed by atoms with Gasteiger partial charge in [0.15, 0.2) is 0 Å². The van der Waals surface area contributed by atoms with Crippen LogP contribution in [0.1, 0.15) is 12.6 Å². The summed E-state index contributed by atoms with van der Waals surface area (Å²) in [5.74, 6) is 0. The van der Waals surface area contributed by atoms with Gasteiger partial charge in [0.05, 0.1) is 6.61 Å². The van der Waals surface area contributed by atoms with Crippen molar-refractivity contribution in [2.24, 2.45) is 0 Å². The highest BCUT2D eigenvalue weighted by molar-refractivity contribution is 5.67. The van der Waals surface area contributed by atoms with Crippen molar-refractivity contribution in [3.8, 4) is 0 Å². The average molecular weight is 237 g/mol. The normalized spacial score (nSPS) is 17.1. The molecular formula is C12H19N3O2. The lowest BCUT2D eigenvalue weighted by Crippen LogP contribution is -2.48. The Kier molecular flexibility index (Phi) is 4.03. The van der Waals surface area contributed by atoms with Crippen LogP contribution in [0.2, 0.25) is 0 Å². The van der Waals surface area contributed by atoms with Crippen molar-refractivity contribution in [3.63, 3.8) is 0 Å². The summed E-state index contributed by atoms with van der Waals surface area (Å²) in [6.07, 6.45) is 1.75. The van der Waals surface area contributed by atoms with E-state index in [0.29, 0.717) is 6.61 Å². The van der Waals surface area contributed by atoms with Crippen molar-refractivity contribution in [1.82, 2.24) is 14.8 Å². The van der Waals surface area contributed by atoms with Crippen LogP contribution in [0.4, 0.5) is 4.79 Å². The zero-order chi connectivity index (χ0) is 12.1. The Morgan fingerprint density at radius 3 is 2.76 bits per heavy atom. The fourth-order valence-corrected chi connectivity index (χ4v) is 2.01. The highest BCUT2D eigenvalue weighted by Gasteiger charge is 2.21. The first-order chi connectivity index (χ1) is 8.29. The number of aromatic amines is 1. The van der Waals surface area contributed by atoms with E-state index in [1.165, 1.54) is 5.69 Å². The van der Waals surface area contributed by atoms with Crippen LogP contribution in [0.25, 0.3) is 0 Å². The molecule has 0 bridgehead atoms. The minimum atomic E-state index is -0.188. The molecule has 0 spiro atoms. The topological polar surface area (TPSA) is 48.6 Å². The summed E-state index contributed by atoms with van der Waals surface area (Å²) >= 11 is 0. The molecule has 17 heavy (non-hydrogen) atoms. The van der Waals surface area contributed by atoms with E-state index in [2.05, 4.69) is 16.0 Å². The maximum absolute atomic E-state index is 11.5. The maximum Gasteiger partial charge on any atom is 0.409 e. The highest BCUT2D eigenvalue weighted by atomic mass is 16.6. The second-order valence-electron chi connectivity index (χ2n) is 4.16. The fraction of sp³-hybridized carbons (Fsp3) is 0.583. The fourth-order valence-electron chi connectivity index (χ4n) is 2.01. The van der Waals surface area contributed by atoms with Gasteiger partial charge in [-0.2, -0.15) is 0 Å². The molecule has 1 aromatic heterocycles. The standard InChI is InChI=1S/C12H19N3O2/c1-2-17-12(16)15-8-6-14(7-9-15)10-11-4-3-5-13-11/h3-5,13H,2,6-10H2,1H3. The predicted molar refractivity (Wildman–Crippen MR) is 64.7 cm³/mol. The molecule has 1 aromatic rings. The first-order valence-corrected chi connectivity index (χ1v) is 6.06. The zero-order valence-corrected chi connectivity index (χ0v) is 10.2. The van der Waals surface area contributed by atoms with Gasteiger partial charge < -0.3 is 14.6 Å². The molecular weight excluding hydrogens is 218 g/mol. The average Bonchev–Trinajstić information content (AvgIpc) is 2.83. The van der Waals surface area contributed by atoms with E-state index in [0.717, 1.165) is 32.7 Å². The van der Waals surface area contributed by atoms with Gasteiger partial charge in [-0.15, -0.1) is 0 Å². The second kappa shape index (κ2) is 5.72. The molecule has 94 valence electrons. The van der Waals surface area contributed by atoms with Gasteiger partial charge in [-0.1, -0.05) is 0 Å². The molecule has 5 nitrogen and oxygen atoms in total. The third kappa shape index (κ3) is 3.23. The third-order valence-corrected chi connectivity index (χ3v) is 2.95. The van der Waals surface area contributed by atoms with Crippen LogP contribution in [-0.4, -0.2) is 53.7 Å². The Morgan fingerprint density at radius 1 is 1.41 bits per heavy atom. The van der Waals surface area contributed by atoms with E-state index in [4.69, 9.17) is 4.74 Å². The number of piperazine rings is 1.